The average molecular weight is 483 g/mol. The number of amides is 2. The number of nitrogens with zero attached hydrogens (tertiary/aromatic N) is 1. The second kappa shape index (κ2) is 12.8. The molecular weight excluding hydrogens is 444 g/mol. The van der Waals surface area contributed by atoms with Crippen LogP contribution in [0.15, 0.2) is 42.5 Å². The Hall–Kier alpha value is -2.47. The monoisotopic (exact) mass is 482 g/mol. The molecule has 34 heavy (non-hydrogen) atoms. The second-order valence-corrected chi connectivity index (χ2v) is 10.3. The topological polar surface area (TPSA) is 58.6 Å². The molecule has 1 N–H and O–H groups in total. The normalized spacial score (nSPS) is 14.6. The van der Waals surface area contributed by atoms with E-state index in [4.69, 9.17) is 4.74 Å². The largest absolute Gasteiger partial charge is 0.497 e. The maximum atomic E-state index is 13.5. The van der Waals surface area contributed by atoms with Crippen molar-refractivity contribution in [2.45, 2.75) is 77.3 Å². The lowest BCUT2D eigenvalue weighted by Gasteiger charge is -2.31. The van der Waals surface area contributed by atoms with Crippen LogP contribution in [-0.4, -0.2) is 41.7 Å². The van der Waals surface area contributed by atoms with Crippen molar-refractivity contribution in [2.75, 3.05) is 12.9 Å². The second-order valence-electron chi connectivity index (χ2n) is 9.28. The van der Waals surface area contributed by atoms with Gasteiger partial charge in [-0.1, -0.05) is 61.2 Å². The first-order valence-electron chi connectivity index (χ1n) is 12.3. The molecule has 1 saturated carbocycles. The van der Waals surface area contributed by atoms with Crippen LogP contribution in [0.2, 0.25) is 0 Å². The van der Waals surface area contributed by atoms with Crippen molar-refractivity contribution >= 4 is 23.6 Å². The van der Waals surface area contributed by atoms with Crippen molar-refractivity contribution in [1.82, 2.24) is 10.2 Å². The minimum Gasteiger partial charge on any atom is -0.497 e. The van der Waals surface area contributed by atoms with Crippen molar-refractivity contribution in [1.29, 1.82) is 0 Å². The van der Waals surface area contributed by atoms with Crippen LogP contribution in [0.25, 0.3) is 0 Å². The molecule has 0 heterocycles. The third-order valence-corrected chi connectivity index (χ3v) is 7.34. The molecule has 2 aromatic carbocycles. The van der Waals surface area contributed by atoms with Gasteiger partial charge >= 0.3 is 0 Å². The maximum absolute atomic E-state index is 13.5. The summed E-state index contributed by atoms with van der Waals surface area (Å²) in [5.74, 6) is 1.81. The number of aryl methyl sites for hydroxylation is 2. The summed E-state index contributed by atoms with van der Waals surface area (Å²) in [4.78, 5) is 28.4. The molecular formula is C28H38N2O3S. The van der Waals surface area contributed by atoms with E-state index in [1.54, 1.807) is 23.8 Å². The number of nitrogens with one attached hydrogen (secondary N) is 1. The van der Waals surface area contributed by atoms with E-state index >= 15 is 0 Å². The van der Waals surface area contributed by atoms with Crippen molar-refractivity contribution in [3.05, 3.63) is 64.7 Å². The number of hydrogen-bond acceptors (Lipinski definition) is 4. The Labute approximate surface area is 208 Å². The van der Waals surface area contributed by atoms with Crippen LogP contribution in [0, 0.1) is 13.8 Å². The van der Waals surface area contributed by atoms with E-state index in [1.165, 1.54) is 16.7 Å². The van der Waals surface area contributed by atoms with Crippen molar-refractivity contribution in [3.63, 3.8) is 0 Å². The van der Waals surface area contributed by atoms with Gasteiger partial charge in [-0.2, -0.15) is 0 Å². The van der Waals surface area contributed by atoms with Crippen LogP contribution in [-0.2, 0) is 21.9 Å². The van der Waals surface area contributed by atoms with Gasteiger partial charge in [0.15, 0.2) is 0 Å². The van der Waals surface area contributed by atoms with Crippen LogP contribution in [0.3, 0.4) is 0 Å². The zero-order chi connectivity index (χ0) is 24.5. The minimum absolute atomic E-state index is 0.00869. The standard InChI is InChI=1S/C28H38N2O3S/c1-5-26(28(32)29-24-10-6-7-11-24)30(17-22-9-8-12-25(16-22)33-4)27(31)19-34-18-23-14-20(2)13-21(3)15-23/h8-9,12-16,24,26H,5-7,10-11,17-19H2,1-4H3,(H,29,32)/t26-/m1/s1. The number of methoxy groups -OCH3 is 1. The molecule has 6 heteroatoms. The Morgan fingerprint density at radius 1 is 1.09 bits per heavy atom. The Kier molecular flexibility index (Phi) is 9.87. The lowest BCUT2D eigenvalue weighted by Crippen LogP contribution is -2.51. The summed E-state index contributed by atoms with van der Waals surface area (Å²) in [6, 6.07) is 14.0. The van der Waals surface area contributed by atoms with Crippen LogP contribution in [0.5, 0.6) is 5.75 Å². The zero-order valence-electron chi connectivity index (χ0n) is 20.9. The van der Waals surface area contributed by atoms with Gasteiger partial charge < -0.3 is 15.0 Å². The molecule has 2 amide bonds. The predicted molar refractivity (Wildman–Crippen MR) is 140 cm³/mol. The van der Waals surface area contributed by atoms with Gasteiger partial charge in [-0.15, -0.1) is 11.8 Å². The van der Waals surface area contributed by atoms with Crippen molar-refractivity contribution < 1.29 is 14.3 Å². The molecule has 3 rings (SSSR count). The highest BCUT2D eigenvalue weighted by Crippen LogP contribution is 2.22. The van der Waals surface area contributed by atoms with E-state index < -0.39 is 6.04 Å². The van der Waals surface area contributed by atoms with Crippen LogP contribution in [0.4, 0.5) is 0 Å². The molecule has 0 spiro atoms. The number of hydrogen-bond donors (Lipinski definition) is 1. The summed E-state index contributed by atoms with van der Waals surface area (Å²) in [5, 5.41) is 3.20. The molecule has 0 bridgehead atoms. The number of carbonyl (C=O) groups is 2. The molecule has 1 atom stereocenters. The fourth-order valence-electron chi connectivity index (χ4n) is 4.75. The summed E-state index contributed by atoms with van der Waals surface area (Å²) in [6.45, 7) is 6.55. The molecule has 0 radical (unpaired) electrons. The van der Waals surface area contributed by atoms with Crippen LogP contribution in [0.1, 0.15) is 61.3 Å². The highest BCUT2D eigenvalue weighted by molar-refractivity contribution is 7.99. The number of carbonyl (C=O) groups excluding carboxylic acids is 2. The molecule has 1 fully saturated rings. The highest BCUT2D eigenvalue weighted by Gasteiger charge is 2.30. The van der Waals surface area contributed by atoms with E-state index in [0.717, 1.165) is 42.7 Å². The summed E-state index contributed by atoms with van der Waals surface area (Å²) >= 11 is 1.60. The fraction of sp³-hybridized carbons (Fsp3) is 0.500. The van der Waals surface area contributed by atoms with Crippen molar-refractivity contribution in [2.24, 2.45) is 0 Å². The van der Waals surface area contributed by atoms with E-state index in [9.17, 15) is 9.59 Å². The average Bonchev–Trinajstić information content (AvgIpc) is 3.31. The summed E-state index contributed by atoms with van der Waals surface area (Å²) in [7, 11) is 1.63. The lowest BCUT2D eigenvalue weighted by atomic mass is 10.1. The van der Waals surface area contributed by atoms with Gasteiger partial charge in [0.2, 0.25) is 11.8 Å². The van der Waals surface area contributed by atoms with E-state index in [0.29, 0.717) is 18.7 Å². The Morgan fingerprint density at radius 3 is 2.44 bits per heavy atom. The van der Waals surface area contributed by atoms with Gasteiger partial charge in [0.05, 0.1) is 12.9 Å². The minimum atomic E-state index is -0.485. The van der Waals surface area contributed by atoms with E-state index in [1.807, 2.05) is 31.2 Å². The molecule has 5 nitrogen and oxygen atoms in total. The molecule has 0 aliphatic heterocycles. The first-order valence-corrected chi connectivity index (χ1v) is 13.4. The summed E-state index contributed by atoms with van der Waals surface area (Å²) in [6.07, 6.45) is 4.94. The van der Waals surface area contributed by atoms with Crippen molar-refractivity contribution in [3.8, 4) is 5.75 Å². The quantitative estimate of drug-likeness (QED) is 0.465. The van der Waals surface area contributed by atoms with E-state index in [-0.39, 0.29) is 17.9 Å². The SMILES string of the molecule is CC[C@H](C(=O)NC1CCCC1)N(Cc1cccc(OC)c1)C(=O)CSCc1cc(C)cc(C)c1. The third kappa shape index (κ3) is 7.52. The first-order chi connectivity index (χ1) is 16.4. The molecule has 1 aliphatic carbocycles. The molecule has 184 valence electrons. The first kappa shape index (κ1) is 26.1. The van der Waals surface area contributed by atoms with Gasteiger partial charge in [0.25, 0.3) is 0 Å². The van der Waals surface area contributed by atoms with Gasteiger partial charge in [0, 0.05) is 18.3 Å². The summed E-state index contributed by atoms with van der Waals surface area (Å²) < 4.78 is 5.37. The Morgan fingerprint density at radius 2 is 1.79 bits per heavy atom. The maximum Gasteiger partial charge on any atom is 0.243 e. The summed E-state index contributed by atoms with van der Waals surface area (Å²) in [5.41, 5.74) is 4.65. The lowest BCUT2D eigenvalue weighted by molar-refractivity contribution is -0.139. The predicted octanol–water partition coefficient (Wildman–Crippen LogP) is 5.41. The fourth-order valence-corrected chi connectivity index (χ4v) is 5.59. The van der Waals surface area contributed by atoms with Gasteiger partial charge in [0.1, 0.15) is 11.8 Å². The Bertz CT molecular complexity index is 952. The number of thioether (sulfide) groups is 1. The molecule has 0 saturated heterocycles. The van der Waals surface area contributed by atoms with Gasteiger partial charge in [-0.25, -0.2) is 0 Å². The van der Waals surface area contributed by atoms with E-state index in [2.05, 4.69) is 37.4 Å². The Balaban J connectivity index is 1.72. The number of ether oxygens (including phenoxy) is 1. The van der Waals surface area contributed by atoms with Crippen LogP contribution >= 0.6 is 11.8 Å². The highest BCUT2D eigenvalue weighted by atomic mass is 32.2. The molecule has 0 unspecified atom stereocenters. The molecule has 0 aromatic heterocycles. The van der Waals surface area contributed by atoms with Gasteiger partial charge in [-0.05, 0) is 56.4 Å². The van der Waals surface area contributed by atoms with Crippen LogP contribution < -0.4 is 10.1 Å². The molecule has 1 aliphatic rings. The number of rotatable bonds is 11. The number of benzene rings is 2. The smallest absolute Gasteiger partial charge is 0.243 e. The van der Waals surface area contributed by atoms with Gasteiger partial charge in [-0.3, -0.25) is 9.59 Å². The third-order valence-electron chi connectivity index (χ3n) is 6.35. The molecule has 2 aromatic rings. The zero-order valence-corrected chi connectivity index (χ0v) is 21.7.